The van der Waals surface area contributed by atoms with Crippen molar-refractivity contribution in [2.75, 3.05) is 5.73 Å². The second-order valence-electron chi connectivity index (χ2n) is 2.67. The molecular formula is C6H8N6OS2. The maximum atomic E-state index is 5.47. The predicted octanol–water partition coefficient (Wildman–Crippen LogP) is 0.260. The number of rotatable bonds is 3. The lowest BCUT2D eigenvalue weighted by Crippen LogP contribution is -2.12. The van der Waals surface area contributed by atoms with Gasteiger partial charge in [0.15, 0.2) is 22.1 Å². The minimum Gasteiger partial charge on any atom is -0.374 e. The summed E-state index contributed by atoms with van der Waals surface area (Å²) in [5, 5.41) is 9.60. The Morgan fingerprint density at radius 3 is 2.67 bits per heavy atom. The first-order valence-corrected chi connectivity index (χ1v) is 5.54. The van der Waals surface area contributed by atoms with E-state index in [-0.39, 0.29) is 0 Å². The zero-order chi connectivity index (χ0) is 10.8. The molecule has 0 aromatic carbocycles. The highest BCUT2D eigenvalue weighted by atomic mass is 32.1. The van der Waals surface area contributed by atoms with Crippen LogP contribution >= 0.6 is 22.9 Å². The van der Waals surface area contributed by atoms with E-state index in [9.17, 15) is 0 Å². The quantitative estimate of drug-likeness (QED) is 0.744. The van der Waals surface area contributed by atoms with E-state index in [1.165, 1.54) is 11.3 Å². The Morgan fingerprint density at radius 2 is 2.20 bits per heavy atom. The number of aryl methyl sites for hydroxylation is 1. The van der Waals surface area contributed by atoms with Gasteiger partial charge in [0.05, 0.1) is 0 Å². The van der Waals surface area contributed by atoms with Crippen LogP contribution in [0.1, 0.15) is 21.9 Å². The lowest BCUT2D eigenvalue weighted by molar-refractivity contribution is 0.0755. The lowest BCUT2D eigenvalue weighted by Gasteiger charge is -2.05. The van der Waals surface area contributed by atoms with Crippen LogP contribution in [0, 0.1) is 6.92 Å². The number of aromatic nitrogens is 4. The van der Waals surface area contributed by atoms with E-state index in [1.54, 1.807) is 0 Å². The van der Waals surface area contributed by atoms with Gasteiger partial charge in [0, 0.05) is 11.5 Å². The van der Waals surface area contributed by atoms with Crippen LogP contribution in [0.15, 0.2) is 0 Å². The molecule has 15 heavy (non-hydrogen) atoms. The topological polar surface area (TPSA) is 113 Å². The largest absolute Gasteiger partial charge is 0.374 e. The Labute approximate surface area is 93.2 Å². The Morgan fingerprint density at radius 1 is 1.40 bits per heavy atom. The van der Waals surface area contributed by atoms with Crippen LogP contribution < -0.4 is 11.6 Å². The third kappa shape index (κ3) is 2.09. The second kappa shape index (κ2) is 4.14. The molecule has 9 heteroatoms. The number of nitrogen functional groups attached to an aromatic ring is 1. The zero-order valence-electron chi connectivity index (χ0n) is 7.75. The molecule has 2 aromatic rings. The van der Waals surface area contributed by atoms with Crippen molar-refractivity contribution in [2.24, 2.45) is 5.90 Å². The summed E-state index contributed by atoms with van der Waals surface area (Å²) in [6.45, 7) is 1.84. The van der Waals surface area contributed by atoms with Crippen LogP contribution in [0.4, 0.5) is 5.13 Å². The number of nitrogens with zero attached hydrogens (tertiary/aromatic N) is 4. The van der Waals surface area contributed by atoms with E-state index in [0.29, 0.717) is 16.0 Å². The molecule has 2 aromatic heterocycles. The molecule has 1 atom stereocenters. The van der Waals surface area contributed by atoms with Gasteiger partial charge in [-0.05, 0) is 6.92 Å². The van der Waals surface area contributed by atoms with Crippen molar-refractivity contribution in [1.82, 2.24) is 19.6 Å². The monoisotopic (exact) mass is 244 g/mol. The molecule has 0 bridgehead atoms. The number of hydrogen-bond donors (Lipinski definition) is 2. The predicted molar refractivity (Wildman–Crippen MR) is 56.1 cm³/mol. The molecule has 0 saturated carbocycles. The summed E-state index contributed by atoms with van der Waals surface area (Å²) in [4.78, 5) is 8.77. The summed E-state index contributed by atoms with van der Waals surface area (Å²) in [6, 6.07) is 0. The lowest BCUT2D eigenvalue weighted by atomic mass is 10.3. The second-order valence-corrected chi connectivity index (χ2v) is 4.66. The molecule has 0 radical (unpaired) electrons. The molecule has 80 valence electrons. The van der Waals surface area contributed by atoms with E-state index < -0.39 is 6.10 Å². The van der Waals surface area contributed by atoms with E-state index in [4.69, 9.17) is 16.5 Å². The molecule has 0 spiro atoms. The van der Waals surface area contributed by atoms with Crippen molar-refractivity contribution in [3.63, 3.8) is 0 Å². The van der Waals surface area contributed by atoms with Gasteiger partial charge >= 0.3 is 0 Å². The van der Waals surface area contributed by atoms with Gasteiger partial charge in [0.2, 0.25) is 0 Å². The van der Waals surface area contributed by atoms with E-state index in [2.05, 4.69) is 19.6 Å². The fourth-order valence-electron chi connectivity index (χ4n) is 1.00. The molecule has 7 nitrogen and oxygen atoms in total. The number of anilines is 1. The first kappa shape index (κ1) is 10.4. The Hall–Kier alpha value is -1.16. The van der Waals surface area contributed by atoms with Gasteiger partial charge in [-0.3, -0.25) is 4.84 Å². The summed E-state index contributed by atoms with van der Waals surface area (Å²) in [5.41, 5.74) is 5.47. The molecule has 0 fully saturated rings. The minimum absolute atomic E-state index is 0.369. The standard InChI is InChI=1S/C6H8N6OS2/c1-2-10-11-5(14-2)3(13-8)4-9-6(7)15-12-4/h3H,8H2,1H3,(H2,7,9,12). The fourth-order valence-corrected chi connectivity index (χ4v) is 2.19. The molecule has 0 amide bonds. The molecule has 0 aliphatic heterocycles. The average molecular weight is 244 g/mol. The van der Waals surface area contributed by atoms with Gasteiger partial charge in [-0.15, -0.1) is 10.2 Å². The van der Waals surface area contributed by atoms with Crippen molar-refractivity contribution in [3.05, 3.63) is 15.8 Å². The van der Waals surface area contributed by atoms with Gasteiger partial charge in [-0.25, -0.2) is 10.9 Å². The van der Waals surface area contributed by atoms with Crippen molar-refractivity contribution in [3.8, 4) is 0 Å². The highest BCUT2D eigenvalue weighted by molar-refractivity contribution is 7.11. The maximum Gasteiger partial charge on any atom is 0.200 e. The van der Waals surface area contributed by atoms with E-state index in [1.807, 2.05) is 6.92 Å². The molecule has 2 heterocycles. The normalized spacial score (nSPS) is 12.9. The van der Waals surface area contributed by atoms with Crippen LogP contribution in [-0.2, 0) is 4.84 Å². The maximum absolute atomic E-state index is 5.47. The van der Waals surface area contributed by atoms with Crippen molar-refractivity contribution < 1.29 is 4.84 Å². The highest BCUT2D eigenvalue weighted by Crippen LogP contribution is 2.26. The van der Waals surface area contributed by atoms with Gasteiger partial charge in [0.25, 0.3) is 0 Å². The first-order chi connectivity index (χ1) is 7.20. The van der Waals surface area contributed by atoms with Crippen LogP contribution in [0.3, 0.4) is 0 Å². The Balaban J connectivity index is 2.32. The molecule has 2 rings (SSSR count). The third-order valence-corrected chi connectivity index (χ3v) is 3.03. The van der Waals surface area contributed by atoms with Crippen molar-refractivity contribution in [2.45, 2.75) is 13.0 Å². The fraction of sp³-hybridized carbons (Fsp3) is 0.333. The highest BCUT2D eigenvalue weighted by Gasteiger charge is 2.22. The van der Waals surface area contributed by atoms with E-state index in [0.717, 1.165) is 16.5 Å². The van der Waals surface area contributed by atoms with Crippen molar-refractivity contribution in [1.29, 1.82) is 0 Å². The van der Waals surface area contributed by atoms with Crippen LogP contribution in [0.25, 0.3) is 0 Å². The van der Waals surface area contributed by atoms with Gasteiger partial charge in [0.1, 0.15) is 5.01 Å². The molecule has 0 aliphatic rings. The van der Waals surface area contributed by atoms with Crippen LogP contribution in [-0.4, -0.2) is 19.6 Å². The third-order valence-electron chi connectivity index (χ3n) is 1.59. The molecule has 0 saturated heterocycles. The van der Waals surface area contributed by atoms with E-state index >= 15 is 0 Å². The summed E-state index contributed by atoms with van der Waals surface area (Å²) in [6.07, 6.45) is -0.593. The molecular weight excluding hydrogens is 236 g/mol. The minimum atomic E-state index is -0.593. The number of nitrogens with two attached hydrogens (primary N) is 2. The zero-order valence-corrected chi connectivity index (χ0v) is 9.38. The summed E-state index contributed by atoms with van der Waals surface area (Å²) in [5.74, 6) is 5.59. The summed E-state index contributed by atoms with van der Waals surface area (Å²) >= 11 is 2.47. The van der Waals surface area contributed by atoms with Crippen LogP contribution in [0.5, 0.6) is 0 Å². The Kier molecular flexibility index (Phi) is 2.86. The summed E-state index contributed by atoms with van der Waals surface area (Å²) in [7, 11) is 0. The first-order valence-electron chi connectivity index (χ1n) is 3.95. The van der Waals surface area contributed by atoms with Gasteiger partial charge in [-0.1, -0.05) is 11.3 Å². The summed E-state index contributed by atoms with van der Waals surface area (Å²) < 4.78 is 4.01. The van der Waals surface area contributed by atoms with Crippen molar-refractivity contribution >= 4 is 28.0 Å². The smallest absolute Gasteiger partial charge is 0.200 e. The Bertz CT molecular complexity index is 414. The average Bonchev–Trinajstić information content (AvgIpc) is 2.78. The number of hydrogen-bond acceptors (Lipinski definition) is 9. The van der Waals surface area contributed by atoms with Crippen LogP contribution in [0.2, 0.25) is 0 Å². The molecule has 1 unspecified atom stereocenters. The molecule has 4 N–H and O–H groups in total. The van der Waals surface area contributed by atoms with Gasteiger partial charge < -0.3 is 5.73 Å². The van der Waals surface area contributed by atoms with Gasteiger partial charge in [-0.2, -0.15) is 4.37 Å². The SMILES string of the molecule is Cc1nnc(C(ON)c2nsc(N)n2)s1. The molecule has 0 aliphatic carbocycles.